The number of amides is 1. The largest absolute Gasteiger partial charge is 0.482 e. The number of aromatic nitrogens is 2. The minimum absolute atomic E-state index is 0.0565. The number of anilines is 1. The Bertz CT molecular complexity index is 1660. The molecule has 6 rings (SSSR count). The molecule has 0 bridgehead atoms. The summed E-state index contributed by atoms with van der Waals surface area (Å²) >= 11 is 7.16. The number of fused-ring (bicyclic) bond motifs is 2. The molecule has 1 N–H and O–H groups in total. The van der Waals surface area contributed by atoms with Crippen molar-refractivity contribution in [1.29, 1.82) is 0 Å². The third-order valence-corrected chi connectivity index (χ3v) is 9.00. The van der Waals surface area contributed by atoms with Crippen molar-refractivity contribution in [3.8, 4) is 11.8 Å². The molecule has 0 radical (unpaired) electrons. The number of nitrogens with zero attached hydrogens (tertiary/aromatic N) is 4. The summed E-state index contributed by atoms with van der Waals surface area (Å²) < 4.78 is 18.2. The zero-order valence-electron chi connectivity index (χ0n) is 24.9. The Balaban J connectivity index is 1.48. The Morgan fingerprint density at radius 2 is 1.88 bits per heavy atom. The molecule has 0 unspecified atom stereocenters. The molecule has 2 heterocycles. The van der Waals surface area contributed by atoms with Gasteiger partial charge in [-0.2, -0.15) is 9.97 Å². The summed E-state index contributed by atoms with van der Waals surface area (Å²) in [4.78, 5) is 24.9. The van der Waals surface area contributed by atoms with Gasteiger partial charge >= 0.3 is 12.1 Å². The predicted octanol–water partition coefficient (Wildman–Crippen LogP) is 7.06. The van der Waals surface area contributed by atoms with Crippen LogP contribution < -0.4 is 14.4 Å². The first-order valence-electron chi connectivity index (χ1n) is 14.8. The van der Waals surface area contributed by atoms with Crippen LogP contribution in [0.3, 0.4) is 0 Å². The summed E-state index contributed by atoms with van der Waals surface area (Å²) in [6.45, 7) is 5.06. The Morgan fingerprint density at radius 1 is 1.12 bits per heavy atom. The topological polar surface area (TPSA) is 97.3 Å². The molecule has 0 spiro atoms. The highest BCUT2D eigenvalue weighted by Crippen LogP contribution is 2.50. The van der Waals surface area contributed by atoms with Gasteiger partial charge in [0.1, 0.15) is 24.0 Å². The number of carboxylic acid groups (broad SMARTS) is 1. The van der Waals surface area contributed by atoms with Crippen LogP contribution in [0.4, 0.5) is 10.6 Å². The molecule has 4 aromatic rings. The van der Waals surface area contributed by atoms with Gasteiger partial charge in [0.15, 0.2) is 5.75 Å². The smallest absolute Gasteiger partial charge is 0.407 e. The molecule has 2 fully saturated rings. The fraction of sp³-hybridized carbons (Fsp3) is 0.424. The highest BCUT2D eigenvalue weighted by Gasteiger charge is 2.34. The molecule has 1 aliphatic heterocycles. The van der Waals surface area contributed by atoms with Crippen LogP contribution in [-0.2, 0) is 4.74 Å². The second-order valence-corrected chi connectivity index (χ2v) is 12.0. The lowest BCUT2D eigenvalue weighted by Gasteiger charge is -2.28. The first-order chi connectivity index (χ1) is 20.7. The lowest BCUT2D eigenvalue weighted by molar-refractivity contribution is 0.0682. The summed E-state index contributed by atoms with van der Waals surface area (Å²) in [7, 11) is 3.58. The monoisotopic (exact) mass is 604 g/mol. The summed E-state index contributed by atoms with van der Waals surface area (Å²) in [6, 6.07) is 16.7. The van der Waals surface area contributed by atoms with Gasteiger partial charge in [-0.15, -0.1) is 0 Å². The molecule has 1 amide bonds. The summed E-state index contributed by atoms with van der Waals surface area (Å²) in [5, 5.41) is 13.2. The van der Waals surface area contributed by atoms with Crippen LogP contribution in [0.15, 0.2) is 48.5 Å². The molecule has 10 heteroatoms. The van der Waals surface area contributed by atoms with Gasteiger partial charge in [0.2, 0.25) is 0 Å². The highest BCUT2D eigenvalue weighted by atomic mass is 35.5. The van der Waals surface area contributed by atoms with Crippen LogP contribution in [0, 0.1) is 0 Å². The quantitative estimate of drug-likeness (QED) is 0.206. The van der Waals surface area contributed by atoms with Gasteiger partial charge in [-0.1, -0.05) is 54.1 Å². The lowest BCUT2D eigenvalue weighted by Crippen LogP contribution is -2.36. The third-order valence-electron chi connectivity index (χ3n) is 8.61. The minimum atomic E-state index is -0.915. The van der Waals surface area contributed by atoms with Crippen LogP contribution in [0.1, 0.15) is 56.3 Å². The fourth-order valence-electron chi connectivity index (χ4n) is 5.84. The van der Waals surface area contributed by atoms with E-state index >= 15 is 0 Å². The van der Waals surface area contributed by atoms with Gasteiger partial charge < -0.3 is 29.1 Å². The molecule has 3 atom stereocenters. The average Bonchev–Trinajstić information content (AvgIpc) is 3.74. The molecule has 43 heavy (non-hydrogen) atoms. The van der Waals surface area contributed by atoms with E-state index in [2.05, 4.69) is 30.3 Å². The minimum Gasteiger partial charge on any atom is -0.482 e. The number of ether oxygens (including phenoxy) is 3. The number of likely N-dealkylation sites (N-methyl/N-ethyl adjacent to an activating group) is 1. The van der Waals surface area contributed by atoms with E-state index in [0.29, 0.717) is 47.5 Å². The molecular formula is C33H37ClN4O5. The van der Waals surface area contributed by atoms with Crippen molar-refractivity contribution >= 4 is 45.2 Å². The Hall–Kier alpha value is -3.82. The van der Waals surface area contributed by atoms with Crippen molar-refractivity contribution < 1.29 is 24.1 Å². The summed E-state index contributed by atoms with van der Waals surface area (Å²) in [6.07, 6.45) is 1.40. The number of methoxy groups -OCH3 is 1. The normalized spacial score (nSPS) is 18.2. The van der Waals surface area contributed by atoms with Crippen LogP contribution in [0.25, 0.3) is 21.7 Å². The van der Waals surface area contributed by atoms with Gasteiger partial charge in [-0.05, 0) is 67.0 Å². The summed E-state index contributed by atoms with van der Waals surface area (Å²) in [5.41, 5.74) is 2.63. The van der Waals surface area contributed by atoms with E-state index in [4.69, 9.17) is 35.8 Å². The number of rotatable bonds is 10. The molecule has 9 nitrogen and oxygen atoms in total. The third kappa shape index (κ3) is 5.88. The molecule has 226 valence electrons. The second kappa shape index (κ2) is 12.1. The van der Waals surface area contributed by atoms with E-state index in [1.165, 1.54) is 4.90 Å². The number of carbonyl (C=O) groups is 1. The van der Waals surface area contributed by atoms with Crippen LogP contribution in [-0.4, -0.2) is 72.1 Å². The molecule has 1 aliphatic carbocycles. The van der Waals surface area contributed by atoms with Crippen LogP contribution in [0.5, 0.6) is 11.8 Å². The Labute approximate surface area is 256 Å². The number of halogens is 1. The van der Waals surface area contributed by atoms with E-state index in [1.807, 2.05) is 44.0 Å². The standard InChI is InChI=1S/C33H37ClN4O5/c1-19(41-4)18-42-32-35-29-27(31(36-32)37(3)23-14-15-38(17-23)33(39)40)16-26(22-12-13-22)28(34)30(29)43-20(2)24-11-7-9-21-8-5-6-10-25(21)24/h5-11,16,19-20,22-23H,12-15,17-18H2,1-4H3,(H,39,40)/t19-,20-,23-/m0/s1. The second-order valence-electron chi connectivity index (χ2n) is 11.6. The van der Waals surface area contributed by atoms with Crippen molar-refractivity contribution in [3.63, 3.8) is 0 Å². The average molecular weight is 605 g/mol. The van der Waals surface area contributed by atoms with Gasteiger partial charge in [0.05, 0.1) is 11.1 Å². The van der Waals surface area contributed by atoms with E-state index in [0.717, 1.165) is 40.1 Å². The zero-order valence-corrected chi connectivity index (χ0v) is 25.7. The van der Waals surface area contributed by atoms with E-state index in [9.17, 15) is 9.90 Å². The Morgan fingerprint density at radius 3 is 2.60 bits per heavy atom. The van der Waals surface area contributed by atoms with Gasteiger partial charge in [0.25, 0.3) is 0 Å². The molecule has 1 saturated heterocycles. The van der Waals surface area contributed by atoms with Crippen molar-refractivity contribution in [2.24, 2.45) is 0 Å². The lowest BCUT2D eigenvalue weighted by atomic mass is 10.0. The van der Waals surface area contributed by atoms with Gasteiger partial charge in [-0.25, -0.2) is 4.79 Å². The molecule has 1 saturated carbocycles. The molecular weight excluding hydrogens is 568 g/mol. The van der Waals surface area contributed by atoms with E-state index in [-0.39, 0.29) is 30.9 Å². The predicted molar refractivity (Wildman–Crippen MR) is 168 cm³/mol. The van der Waals surface area contributed by atoms with Gasteiger partial charge in [-0.3, -0.25) is 0 Å². The number of likely N-dealkylation sites (tertiary alicyclic amines) is 1. The van der Waals surface area contributed by atoms with Crippen molar-refractivity contribution in [2.75, 3.05) is 38.8 Å². The molecule has 2 aliphatic rings. The van der Waals surface area contributed by atoms with Crippen molar-refractivity contribution in [1.82, 2.24) is 14.9 Å². The fourth-order valence-corrected chi connectivity index (χ4v) is 6.18. The maximum Gasteiger partial charge on any atom is 0.407 e. The maximum atomic E-state index is 11.7. The Kier molecular flexibility index (Phi) is 8.20. The summed E-state index contributed by atoms with van der Waals surface area (Å²) in [5.74, 6) is 1.50. The first-order valence-corrected chi connectivity index (χ1v) is 15.2. The first kappa shape index (κ1) is 29.3. The number of hydrogen-bond donors (Lipinski definition) is 1. The van der Waals surface area contributed by atoms with Crippen molar-refractivity contribution in [2.45, 2.75) is 57.3 Å². The molecule has 3 aromatic carbocycles. The highest BCUT2D eigenvalue weighted by molar-refractivity contribution is 6.34. The zero-order chi connectivity index (χ0) is 30.2. The van der Waals surface area contributed by atoms with Crippen LogP contribution >= 0.6 is 11.6 Å². The van der Waals surface area contributed by atoms with E-state index < -0.39 is 6.09 Å². The molecule has 1 aromatic heterocycles. The number of hydrogen-bond acceptors (Lipinski definition) is 7. The van der Waals surface area contributed by atoms with E-state index in [1.54, 1.807) is 7.11 Å². The van der Waals surface area contributed by atoms with Gasteiger partial charge in [0, 0.05) is 38.7 Å². The maximum absolute atomic E-state index is 11.7. The SMILES string of the molecule is CO[C@@H](C)COc1nc(N(C)[C@H]2CCN(C(=O)O)C2)c2cc(C3CC3)c(Cl)c(O[C@@H](C)c3cccc4ccccc34)c2n1. The van der Waals surface area contributed by atoms with Crippen LogP contribution in [0.2, 0.25) is 5.02 Å². The van der Waals surface area contributed by atoms with Crippen molar-refractivity contribution in [3.05, 3.63) is 64.7 Å². The number of benzene rings is 3.